The van der Waals surface area contributed by atoms with Crippen LogP contribution in [-0.4, -0.2) is 93.9 Å². The number of guanidine groups is 1. The fourth-order valence-corrected chi connectivity index (χ4v) is 4.78. The molecule has 0 radical (unpaired) electrons. The van der Waals surface area contributed by atoms with Gasteiger partial charge in [-0.05, 0) is 31.5 Å². The number of nitrogens with one attached hydrogen (secondary N) is 2. The Morgan fingerprint density at radius 3 is 2.67 bits per heavy atom. The third-order valence-corrected chi connectivity index (χ3v) is 6.44. The zero-order valence-electron chi connectivity index (χ0n) is 17.9. The van der Waals surface area contributed by atoms with Crippen LogP contribution in [0.4, 0.5) is 5.69 Å². The average molecular weight is 549 g/mol. The van der Waals surface area contributed by atoms with E-state index >= 15 is 0 Å². The van der Waals surface area contributed by atoms with Crippen molar-refractivity contribution in [3.8, 4) is 5.75 Å². The van der Waals surface area contributed by atoms with Gasteiger partial charge >= 0.3 is 0 Å². The topological polar surface area (TPSA) is 55.4 Å². The van der Waals surface area contributed by atoms with Crippen LogP contribution in [0.2, 0.25) is 5.02 Å². The number of rotatable bonds is 6. The summed E-state index contributed by atoms with van der Waals surface area (Å²) in [5, 5.41) is 7.80. The van der Waals surface area contributed by atoms with Crippen LogP contribution in [0.5, 0.6) is 5.75 Å². The quantitative estimate of drug-likeness (QED) is 0.323. The summed E-state index contributed by atoms with van der Waals surface area (Å²) in [7, 11) is 1.71. The Hall–Kier alpha value is -0.970. The van der Waals surface area contributed by atoms with E-state index in [4.69, 9.17) is 21.3 Å². The summed E-state index contributed by atoms with van der Waals surface area (Å²) in [5.41, 5.74) is 1.06. The summed E-state index contributed by atoms with van der Waals surface area (Å²) >= 11 is 6.22. The predicted molar refractivity (Wildman–Crippen MR) is 135 cm³/mol. The van der Waals surface area contributed by atoms with Crippen molar-refractivity contribution in [1.29, 1.82) is 0 Å². The summed E-state index contributed by atoms with van der Waals surface area (Å²) in [6, 6.07) is 6.69. The normalized spacial score (nSPS) is 28.2. The minimum Gasteiger partial charge on any atom is -0.495 e. The molecule has 0 aliphatic carbocycles. The molecule has 4 heterocycles. The van der Waals surface area contributed by atoms with Gasteiger partial charge in [-0.3, -0.25) is 14.8 Å². The first-order valence-corrected chi connectivity index (χ1v) is 11.1. The van der Waals surface area contributed by atoms with Crippen LogP contribution in [0.3, 0.4) is 0 Å². The van der Waals surface area contributed by atoms with Gasteiger partial charge in [0.05, 0.1) is 19.3 Å². The third kappa shape index (κ3) is 5.63. The second-order valence-corrected chi connectivity index (χ2v) is 8.54. The summed E-state index contributed by atoms with van der Waals surface area (Å²) < 4.78 is 5.53. The van der Waals surface area contributed by atoms with E-state index in [2.05, 4.69) is 32.3 Å². The zero-order valence-corrected chi connectivity index (χ0v) is 21.0. The number of benzene rings is 1. The summed E-state index contributed by atoms with van der Waals surface area (Å²) in [6.45, 7) is 11.7. The molecular formula is C21H34ClIN6O. The first-order chi connectivity index (χ1) is 14.2. The highest BCUT2D eigenvalue weighted by atomic mass is 127. The number of aliphatic imine (C=N–C) groups is 1. The third-order valence-electron chi connectivity index (χ3n) is 6.21. The first kappa shape index (κ1) is 23.7. The molecule has 7 nitrogen and oxygen atoms in total. The molecule has 0 spiro atoms. The molecule has 1 aromatic carbocycles. The lowest BCUT2D eigenvalue weighted by Crippen LogP contribution is -2.62. The fraction of sp³-hybridized carbons (Fsp3) is 0.667. The predicted octanol–water partition coefficient (Wildman–Crippen LogP) is 2.10. The van der Waals surface area contributed by atoms with Crippen LogP contribution < -0.4 is 20.3 Å². The molecule has 2 unspecified atom stereocenters. The van der Waals surface area contributed by atoms with Crippen LogP contribution >= 0.6 is 35.6 Å². The first-order valence-electron chi connectivity index (χ1n) is 10.8. The molecule has 30 heavy (non-hydrogen) atoms. The largest absolute Gasteiger partial charge is 0.495 e. The van der Waals surface area contributed by atoms with E-state index in [9.17, 15) is 0 Å². The van der Waals surface area contributed by atoms with Crippen LogP contribution in [0, 0.1) is 0 Å². The van der Waals surface area contributed by atoms with Crippen LogP contribution in [0.15, 0.2) is 23.2 Å². The summed E-state index contributed by atoms with van der Waals surface area (Å²) in [4.78, 5) is 12.4. The maximum Gasteiger partial charge on any atom is 0.191 e. The molecule has 9 heteroatoms. The Labute approximate surface area is 202 Å². The molecule has 0 saturated carbocycles. The highest BCUT2D eigenvalue weighted by Crippen LogP contribution is 2.33. The van der Waals surface area contributed by atoms with E-state index in [1.54, 1.807) is 7.11 Å². The number of hydrogen-bond donors (Lipinski definition) is 2. The number of ether oxygens (including phenoxy) is 1. The van der Waals surface area contributed by atoms with Crippen molar-refractivity contribution in [3.05, 3.63) is 23.2 Å². The maximum absolute atomic E-state index is 6.22. The smallest absolute Gasteiger partial charge is 0.191 e. The lowest BCUT2D eigenvalue weighted by atomic mass is 10.1. The minimum absolute atomic E-state index is 0. The minimum atomic E-state index is 0. The Kier molecular flexibility index (Phi) is 8.73. The van der Waals surface area contributed by atoms with E-state index in [-0.39, 0.29) is 24.0 Å². The van der Waals surface area contributed by atoms with Gasteiger partial charge in [0, 0.05) is 69.5 Å². The van der Waals surface area contributed by atoms with Crippen molar-refractivity contribution in [2.24, 2.45) is 4.99 Å². The number of hydrogen-bond acceptors (Lipinski definition) is 5. The second kappa shape index (κ2) is 11.1. The molecule has 0 aromatic heterocycles. The van der Waals surface area contributed by atoms with Crippen molar-refractivity contribution in [2.45, 2.75) is 25.4 Å². The van der Waals surface area contributed by atoms with Crippen LogP contribution in [0.1, 0.15) is 13.3 Å². The molecule has 4 saturated heterocycles. The molecule has 2 N–H and O–H groups in total. The van der Waals surface area contributed by atoms with Crippen molar-refractivity contribution in [1.82, 2.24) is 20.4 Å². The van der Waals surface area contributed by atoms with E-state index in [1.807, 2.05) is 18.2 Å². The van der Waals surface area contributed by atoms with E-state index < -0.39 is 0 Å². The summed E-state index contributed by atoms with van der Waals surface area (Å²) in [5.74, 6) is 1.79. The SMILES string of the molecule is CCNC(=NCC1CN2CCN1CC2)NC1CCN(c2cc(Cl)ccc2OC)C1.I. The van der Waals surface area contributed by atoms with Gasteiger partial charge in [-0.15, -0.1) is 24.0 Å². The Balaban J connectivity index is 0.00000256. The number of anilines is 1. The zero-order chi connectivity index (χ0) is 20.2. The standard InChI is InChI=1S/C21H33ClN6O.HI/c1-3-23-21(24-13-18-15-26-8-10-27(18)11-9-26)25-17-6-7-28(14-17)19-12-16(22)4-5-20(19)29-2;/h4-5,12,17-18H,3,6-11,13-15H2,1-2H3,(H2,23,24,25);1H. The maximum atomic E-state index is 6.22. The molecule has 2 bridgehead atoms. The van der Waals surface area contributed by atoms with E-state index in [0.717, 1.165) is 61.6 Å². The van der Waals surface area contributed by atoms with Crippen molar-refractivity contribution in [2.75, 3.05) is 70.9 Å². The van der Waals surface area contributed by atoms with Gasteiger partial charge in [-0.25, -0.2) is 0 Å². The number of piperazine rings is 3. The fourth-order valence-electron chi connectivity index (χ4n) is 4.61. The lowest BCUT2D eigenvalue weighted by Gasteiger charge is -2.47. The molecular weight excluding hydrogens is 515 g/mol. The van der Waals surface area contributed by atoms with Gasteiger partial charge in [0.2, 0.25) is 0 Å². The van der Waals surface area contributed by atoms with Crippen molar-refractivity contribution in [3.63, 3.8) is 0 Å². The molecule has 4 aliphatic heterocycles. The Morgan fingerprint density at radius 2 is 2.00 bits per heavy atom. The van der Waals surface area contributed by atoms with Gasteiger partial charge in [0.1, 0.15) is 5.75 Å². The molecule has 2 atom stereocenters. The van der Waals surface area contributed by atoms with Gasteiger partial charge in [0.25, 0.3) is 0 Å². The van der Waals surface area contributed by atoms with E-state index in [0.29, 0.717) is 12.1 Å². The number of methoxy groups -OCH3 is 1. The van der Waals surface area contributed by atoms with Crippen LogP contribution in [-0.2, 0) is 0 Å². The van der Waals surface area contributed by atoms with E-state index in [1.165, 1.54) is 26.2 Å². The number of nitrogens with zero attached hydrogens (tertiary/aromatic N) is 4. The van der Waals surface area contributed by atoms with Gasteiger partial charge in [0.15, 0.2) is 5.96 Å². The van der Waals surface area contributed by atoms with Gasteiger partial charge in [-0.1, -0.05) is 11.6 Å². The monoisotopic (exact) mass is 548 g/mol. The van der Waals surface area contributed by atoms with Crippen molar-refractivity contribution >= 4 is 47.2 Å². The highest BCUT2D eigenvalue weighted by Gasteiger charge is 2.31. The average Bonchev–Trinajstić information content (AvgIpc) is 3.21. The van der Waals surface area contributed by atoms with Gasteiger partial charge in [-0.2, -0.15) is 0 Å². The highest BCUT2D eigenvalue weighted by molar-refractivity contribution is 14.0. The molecule has 0 amide bonds. The van der Waals surface area contributed by atoms with Crippen LogP contribution in [0.25, 0.3) is 0 Å². The molecule has 1 aromatic rings. The lowest BCUT2D eigenvalue weighted by molar-refractivity contribution is 0.0174. The van der Waals surface area contributed by atoms with Gasteiger partial charge < -0.3 is 20.3 Å². The number of fused-ring (bicyclic) bond motifs is 3. The Bertz CT molecular complexity index is 727. The molecule has 168 valence electrons. The number of halogens is 2. The molecule has 4 aliphatic rings. The van der Waals surface area contributed by atoms with Crippen molar-refractivity contribution < 1.29 is 4.74 Å². The summed E-state index contributed by atoms with van der Waals surface area (Å²) in [6.07, 6.45) is 1.06. The molecule has 5 rings (SSSR count). The molecule has 4 fully saturated rings. The Morgan fingerprint density at radius 1 is 1.20 bits per heavy atom. The second-order valence-electron chi connectivity index (χ2n) is 8.10.